The van der Waals surface area contributed by atoms with E-state index in [1.807, 2.05) is 0 Å². The number of rotatable bonds is 8. The van der Waals surface area contributed by atoms with E-state index in [9.17, 15) is 19.2 Å². The van der Waals surface area contributed by atoms with Crippen LogP contribution < -0.4 is 15.4 Å². The summed E-state index contributed by atoms with van der Waals surface area (Å²) in [5, 5.41) is 4.88. The van der Waals surface area contributed by atoms with Crippen LogP contribution in [-0.4, -0.2) is 42.9 Å². The maximum Gasteiger partial charge on any atom is 0.344 e. The Hall–Kier alpha value is -2.90. The van der Waals surface area contributed by atoms with Gasteiger partial charge in [0.25, 0.3) is 5.91 Å². The zero-order chi connectivity index (χ0) is 20.4. The molecule has 8 nitrogen and oxygen atoms in total. The molecule has 0 heterocycles. The van der Waals surface area contributed by atoms with Crippen molar-refractivity contribution in [1.29, 1.82) is 0 Å². The standard InChI is InChI=1S/C20H26N2O6/c1-2-17(23)14-8-10-16(11-9-14)27-13-19(25)28-12-18(24)22-20(26)21-15-6-4-3-5-7-15/h8-11,15H,2-7,12-13H2,1H3,(H2,21,22,24,26). The van der Waals surface area contributed by atoms with Crippen molar-refractivity contribution in [2.24, 2.45) is 0 Å². The lowest BCUT2D eigenvalue weighted by Gasteiger charge is -2.22. The summed E-state index contributed by atoms with van der Waals surface area (Å²) in [5.74, 6) is -1.02. The number of ether oxygens (including phenoxy) is 2. The van der Waals surface area contributed by atoms with Gasteiger partial charge in [-0.3, -0.25) is 14.9 Å². The largest absolute Gasteiger partial charge is 0.482 e. The highest BCUT2D eigenvalue weighted by Gasteiger charge is 2.17. The first-order valence-corrected chi connectivity index (χ1v) is 9.50. The van der Waals surface area contributed by atoms with Gasteiger partial charge in [0.05, 0.1) is 0 Å². The first-order valence-electron chi connectivity index (χ1n) is 9.50. The van der Waals surface area contributed by atoms with Crippen LogP contribution in [0.25, 0.3) is 0 Å². The highest BCUT2D eigenvalue weighted by Crippen LogP contribution is 2.17. The van der Waals surface area contributed by atoms with Crippen LogP contribution in [0.4, 0.5) is 4.79 Å². The molecule has 0 atom stereocenters. The Labute approximate surface area is 164 Å². The summed E-state index contributed by atoms with van der Waals surface area (Å²) < 4.78 is 10.0. The molecule has 2 rings (SSSR count). The molecular weight excluding hydrogens is 364 g/mol. The Bertz CT molecular complexity index is 695. The lowest BCUT2D eigenvalue weighted by atomic mass is 9.96. The van der Waals surface area contributed by atoms with E-state index in [1.165, 1.54) is 0 Å². The van der Waals surface area contributed by atoms with Crippen LogP contribution in [0, 0.1) is 0 Å². The third-order valence-electron chi connectivity index (χ3n) is 4.41. The van der Waals surface area contributed by atoms with E-state index in [-0.39, 0.29) is 18.4 Å². The number of benzene rings is 1. The van der Waals surface area contributed by atoms with E-state index in [4.69, 9.17) is 9.47 Å². The summed E-state index contributed by atoms with van der Waals surface area (Å²) in [6, 6.07) is 5.90. The normalized spacial score (nSPS) is 14.0. The Morgan fingerprint density at radius 1 is 1.00 bits per heavy atom. The maximum atomic E-state index is 11.7. The van der Waals surface area contributed by atoms with Crippen molar-refractivity contribution >= 4 is 23.7 Å². The highest BCUT2D eigenvalue weighted by atomic mass is 16.6. The van der Waals surface area contributed by atoms with E-state index >= 15 is 0 Å². The van der Waals surface area contributed by atoms with Crippen molar-refractivity contribution in [1.82, 2.24) is 10.6 Å². The maximum absolute atomic E-state index is 11.7. The molecule has 1 aliphatic rings. The predicted octanol–water partition coefficient (Wildman–Crippen LogP) is 2.36. The molecule has 0 spiro atoms. The molecule has 1 aromatic rings. The number of amides is 3. The second kappa shape index (κ2) is 11.1. The first-order chi connectivity index (χ1) is 13.5. The number of imide groups is 1. The second-order valence-corrected chi connectivity index (χ2v) is 6.61. The van der Waals surface area contributed by atoms with Gasteiger partial charge < -0.3 is 14.8 Å². The van der Waals surface area contributed by atoms with Crippen LogP contribution >= 0.6 is 0 Å². The third kappa shape index (κ3) is 7.38. The Morgan fingerprint density at radius 2 is 1.68 bits per heavy atom. The highest BCUT2D eigenvalue weighted by molar-refractivity contribution is 5.96. The van der Waals surface area contributed by atoms with Crippen molar-refractivity contribution in [2.45, 2.75) is 51.5 Å². The lowest BCUT2D eigenvalue weighted by Crippen LogP contribution is -2.46. The number of hydrogen-bond donors (Lipinski definition) is 2. The summed E-state index contributed by atoms with van der Waals surface area (Å²) >= 11 is 0. The van der Waals surface area contributed by atoms with Gasteiger partial charge in [-0.15, -0.1) is 0 Å². The quantitative estimate of drug-likeness (QED) is 0.521. The van der Waals surface area contributed by atoms with Crippen LogP contribution in [-0.2, 0) is 14.3 Å². The van der Waals surface area contributed by atoms with Crippen LogP contribution in [0.3, 0.4) is 0 Å². The molecule has 2 N–H and O–H groups in total. The summed E-state index contributed by atoms with van der Waals surface area (Å²) in [6.45, 7) is 0.825. The van der Waals surface area contributed by atoms with E-state index in [1.54, 1.807) is 31.2 Å². The molecule has 8 heteroatoms. The molecule has 0 bridgehead atoms. The predicted molar refractivity (Wildman–Crippen MR) is 101 cm³/mol. The van der Waals surface area contributed by atoms with Gasteiger partial charge in [0.15, 0.2) is 19.0 Å². The van der Waals surface area contributed by atoms with Gasteiger partial charge in [-0.2, -0.15) is 0 Å². The molecule has 28 heavy (non-hydrogen) atoms. The molecule has 1 saturated carbocycles. The average molecular weight is 390 g/mol. The molecule has 1 aliphatic carbocycles. The fourth-order valence-electron chi connectivity index (χ4n) is 2.90. The average Bonchev–Trinajstić information content (AvgIpc) is 2.71. The van der Waals surface area contributed by atoms with Crippen molar-refractivity contribution in [3.05, 3.63) is 29.8 Å². The summed E-state index contributed by atoms with van der Waals surface area (Å²) in [4.78, 5) is 46.6. The van der Waals surface area contributed by atoms with Gasteiger partial charge in [0.2, 0.25) is 0 Å². The Morgan fingerprint density at radius 3 is 2.32 bits per heavy atom. The number of carbonyl (C=O) groups is 4. The summed E-state index contributed by atoms with van der Waals surface area (Å²) in [7, 11) is 0. The first kappa shape index (κ1) is 21.4. The van der Waals surface area contributed by atoms with Gasteiger partial charge >= 0.3 is 12.0 Å². The van der Waals surface area contributed by atoms with Gasteiger partial charge in [-0.1, -0.05) is 26.2 Å². The fourth-order valence-corrected chi connectivity index (χ4v) is 2.90. The molecular formula is C20H26N2O6. The summed E-state index contributed by atoms with van der Waals surface area (Å²) in [6.07, 6.45) is 5.51. The van der Waals surface area contributed by atoms with E-state index in [2.05, 4.69) is 10.6 Å². The molecule has 0 aliphatic heterocycles. The smallest absolute Gasteiger partial charge is 0.344 e. The molecule has 0 aromatic heterocycles. The number of urea groups is 1. The number of carbonyl (C=O) groups excluding carboxylic acids is 4. The Balaban J connectivity index is 1.63. The molecule has 3 amide bonds. The van der Waals surface area contributed by atoms with Gasteiger partial charge in [-0.05, 0) is 37.1 Å². The monoisotopic (exact) mass is 390 g/mol. The zero-order valence-electron chi connectivity index (χ0n) is 16.0. The van der Waals surface area contributed by atoms with Crippen molar-refractivity contribution in [3.63, 3.8) is 0 Å². The van der Waals surface area contributed by atoms with Crippen LogP contribution in [0.15, 0.2) is 24.3 Å². The molecule has 0 unspecified atom stereocenters. The number of ketones is 1. The van der Waals surface area contributed by atoms with Crippen molar-refractivity contribution < 1.29 is 28.7 Å². The van der Waals surface area contributed by atoms with E-state index in [0.29, 0.717) is 17.7 Å². The van der Waals surface area contributed by atoms with Gasteiger partial charge in [0, 0.05) is 18.0 Å². The minimum absolute atomic E-state index is 0.0181. The zero-order valence-corrected chi connectivity index (χ0v) is 16.0. The van der Waals surface area contributed by atoms with Crippen molar-refractivity contribution in [2.75, 3.05) is 13.2 Å². The van der Waals surface area contributed by atoms with E-state index < -0.39 is 24.5 Å². The molecule has 0 saturated heterocycles. The van der Waals surface area contributed by atoms with Crippen LogP contribution in [0.2, 0.25) is 0 Å². The minimum atomic E-state index is -0.739. The number of Topliss-reactive ketones (excluding diaryl/α,β-unsaturated/α-hetero) is 1. The molecule has 152 valence electrons. The lowest BCUT2D eigenvalue weighted by molar-refractivity contribution is -0.150. The summed E-state index contributed by atoms with van der Waals surface area (Å²) in [5.41, 5.74) is 0.570. The number of esters is 1. The topological polar surface area (TPSA) is 111 Å². The molecule has 0 radical (unpaired) electrons. The second-order valence-electron chi connectivity index (χ2n) is 6.61. The molecule has 1 fully saturated rings. The van der Waals surface area contributed by atoms with Gasteiger partial charge in [-0.25, -0.2) is 9.59 Å². The number of nitrogens with one attached hydrogen (secondary N) is 2. The van der Waals surface area contributed by atoms with Crippen LogP contribution in [0.5, 0.6) is 5.75 Å². The fraction of sp³-hybridized carbons (Fsp3) is 0.500. The van der Waals surface area contributed by atoms with Crippen LogP contribution in [0.1, 0.15) is 55.8 Å². The SMILES string of the molecule is CCC(=O)c1ccc(OCC(=O)OCC(=O)NC(=O)NC2CCCCC2)cc1. The van der Waals surface area contributed by atoms with Crippen molar-refractivity contribution in [3.8, 4) is 5.75 Å². The molecule has 1 aromatic carbocycles. The number of hydrogen-bond acceptors (Lipinski definition) is 6. The minimum Gasteiger partial charge on any atom is -0.482 e. The third-order valence-corrected chi connectivity index (χ3v) is 4.41. The van der Waals surface area contributed by atoms with Gasteiger partial charge in [0.1, 0.15) is 5.75 Å². The Kier molecular flexibility index (Phi) is 8.45. The van der Waals surface area contributed by atoms with E-state index in [0.717, 1.165) is 32.1 Å².